The van der Waals surface area contributed by atoms with E-state index in [1.165, 1.54) is 30.5 Å². The predicted octanol–water partition coefficient (Wildman–Crippen LogP) is 1.17. The molecule has 1 N–H and O–H groups in total. The summed E-state index contributed by atoms with van der Waals surface area (Å²) in [4.78, 5) is 12.2. The third-order valence-corrected chi connectivity index (χ3v) is 8.23. The van der Waals surface area contributed by atoms with Crippen molar-refractivity contribution in [1.82, 2.24) is 5.32 Å². The zero-order valence-corrected chi connectivity index (χ0v) is 14.8. The number of nitrogens with one attached hydrogen (secondary N) is 1. The molecular formula is C16H17NO6S2. The van der Waals surface area contributed by atoms with Crippen molar-refractivity contribution in [3.63, 3.8) is 0 Å². The summed E-state index contributed by atoms with van der Waals surface area (Å²) in [5.74, 6) is -0.356. The lowest BCUT2D eigenvalue weighted by Crippen LogP contribution is -2.25. The lowest BCUT2D eigenvalue weighted by Gasteiger charge is -2.11. The maximum atomic E-state index is 12.6. The van der Waals surface area contributed by atoms with Crippen LogP contribution in [0, 0.1) is 0 Å². The molecule has 0 saturated carbocycles. The molecule has 0 radical (unpaired) electrons. The summed E-state index contributed by atoms with van der Waals surface area (Å²) >= 11 is 0. The van der Waals surface area contributed by atoms with Crippen LogP contribution in [0.15, 0.2) is 52.0 Å². The Morgan fingerprint density at radius 1 is 1.24 bits per heavy atom. The highest BCUT2D eigenvalue weighted by atomic mass is 32.2. The maximum absolute atomic E-state index is 12.6. The fourth-order valence-corrected chi connectivity index (χ4v) is 7.10. The van der Waals surface area contributed by atoms with Crippen molar-refractivity contribution in [2.45, 2.75) is 23.1 Å². The van der Waals surface area contributed by atoms with Gasteiger partial charge in [0.2, 0.25) is 0 Å². The molecule has 2 aromatic rings. The second-order valence-corrected chi connectivity index (χ2v) is 10.3. The van der Waals surface area contributed by atoms with E-state index in [4.69, 9.17) is 4.42 Å². The molecule has 1 aromatic heterocycles. The Labute approximate surface area is 145 Å². The first-order valence-electron chi connectivity index (χ1n) is 7.63. The van der Waals surface area contributed by atoms with Gasteiger partial charge in [-0.2, -0.15) is 0 Å². The van der Waals surface area contributed by atoms with Gasteiger partial charge in [-0.15, -0.1) is 0 Å². The average molecular weight is 383 g/mol. The lowest BCUT2D eigenvalue weighted by molar-refractivity contribution is 0.0948. The number of hydrogen-bond donors (Lipinski definition) is 1. The Kier molecular flexibility index (Phi) is 4.70. The first kappa shape index (κ1) is 17.7. The number of benzene rings is 1. The van der Waals surface area contributed by atoms with Gasteiger partial charge in [0.05, 0.1) is 34.5 Å². The molecule has 0 aliphatic carbocycles. The Bertz CT molecular complexity index is 977. The Hall–Kier alpha value is -2.13. The molecule has 1 amide bonds. The van der Waals surface area contributed by atoms with E-state index in [-0.39, 0.29) is 34.9 Å². The van der Waals surface area contributed by atoms with Crippen molar-refractivity contribution in [2.24, 2.45) is 0 Å². The first-order valence-corrected chi connectivity index (χ1v) is 11.0. The molecule has 1 aliphatic heterocycles. The van der Waals surface area contributed by atoms with Crippen molar-refractivity contribution in [1.29, 1.82) is 0 Å². The highest BCUT2D eigenvalue weighted by Crippen LogP contribution is 2.25. The van der Waals surface area contributed by atoms with Crippen molar-refractivity contribution in [3.8, 4) is 0 Å². The van der Waals surface area contributed by atoms with Crippen LogP contribution >= 0.6 is 0 Å². The lowest BCUT2D eigenvalue weighted by atomic mass is 10.2. The Morgan fingerprint density at radius 2 is 2.04 bits per heavy atom. The molecule has 3 rings (SSSR count). The second kappa shape index (κ2) is 6.64. The van der Waals surface area contributed by atoms with E-state index in [1.54, 1.807) is 12.1 Å². The average Bonchev–Trinajstić information content (AvgIpc) is 3.22. The topological polar surface area (TPSA) is 111 Å². The zero-order valence-electron chi connectivity index (χ0n) is 13.2. The van der Waals surface area contributed by atoms with E-state index in [0.29, 0.717) is 5.76 Å². The van der Waals surface area contributed by atoms with Crippen molar-refractivity contribution in [2.75, 3.05) is 11.5 Å². The molecular weight excluding hydrogens is 366 g/mol. The Morgan fingerprint density at radius 3 is 2.68 bits per heavy atom. The molecule has 25 heavy (non-hydrogen) atoms. The molecule has 1 aromatic carbocycles. The molecule has 0 unspecified atom stereocenters. The molecule has 1 fully saturated rings. The van der Waals surface area contributed by atoms with Gasteiger partial charge in [0, 0.05) is 5.56 Å². The summed E-state index contributed by atoms with van der Waals surface area (Å²) in [5, 5.41) is 1.68. The molecule has 0 spiro atoms. The number of sulfone groups is 2. The number of furan rings is 1. The molecule has 1 saturated heterocycles. The molecule has 1 aliphatic rings. The normalized spacial score (nSPS) is 19.6. The number of carbonyl (C=O) groups is 1. The third kappa shape index (κ3) is 3.93. The Balaban J connectivity index is 1.77. The second-order valence-electron chi connectivity index (χ2n) is 5.86. The standard InChI is InChI=1S/C16H17NO6S2/c18-16(17-10-13-4-2-7-23-13)12-3-1-5-14(9-12)25(21,22)15-6-8-24(19,20)11-15/h1-5,7,9,15H,6,8,10-11H2,(H,17,18)/t15-/m0/s1. The van der Waals surface area contributed by atoms with Crippen molar-refractivity contribution < 1.29 is 26.0 Å². The number of hydrogen-bond acceptors (Lipinski definition) is 6. The summed E-state index contributed by atoms with van der Waals surface area (Å²) in [7, 11) is -7.12. The van der Waals surface area contributed by atoms with Crippen molar-refractivity contribution in [3.05, 3.63) is 54.0 Å². The number of amides is 1. The molecule has 0 bridgehead atoms. The summed E-state index contributed by atoms with van der Waals surface area (Å²) in [6.45, 7) is 0.184. The van der Waals surface area contributed by atoms with Gasteiger partial charge in [0.25, 0.3) is 5.91 Å². The van der Waals surface area contributed by atoms with Crippen molar-refractivity contribution >= 4 is 25.6 Å². The van der Waals surface area contributed by atoms with Crippen LogP contribution in [0.25, 0.3) is 0 Å². The summed E-state index contributed by atoms with van der Waals surface area (Å²) < 4.78 is 53.5. The van der Waals surface area contributed by atoms with Crippen LogP contribution in [0.2, 0.25) is 0 Å². The summed E-state index contributed by atoms with van der Waals surface area (Å²) in [5.41, 5.74) is 0.188. The van der Waals surface area contributed by atoms with E-state index >= 15 is 0 Å². The highest BCUT2D eigenvalue weighted by Gasteiger charge is 2.38. The van der Waals surface area contributed by atoms with Crippen LogP contribution in [0.4, 0.5) is 0 Å². The zero-order chi connectivity index (χ0) is 18.1. The minimum absolute atomic E-state index is 0.0414. The van der Waals surface area contributed by atoms with Gasteiger partial charge in [-0.25, -0.2) is 16.8 Å². The fraction of sp³-hybridized carbons (Fsp3) is 0.312. The largest absolute Gasteiger partial charge is 0.467 e. The minimum atomic E-state index is -3.80. The molecule has 9 heteroatoms. The molecule has 1 atom stereocenters. The van der Waals surface area contributed by atoms with Crippen LogP contribution in [-0.4, -0.2) is 39.5 Å². The molecule has 2 heterocycles. The quantitative estimate of drug-likeness (QED) is 0.830. The van der Waals surface area contributed by atoms with Gasteiger partial charge >= 0.3 is 0 Å². The van der Waals surface area contributed by atoms with E-state index in [0.717, 1.165) is 0 Å². The van der Waals surface area contributed by atoms with E-state index in [9.17, 15) is 21.6 Å². The van der Waals surface area contributed by atoms with Gasteiger partial charge in [0.15, 0.2) is 19.7 Å². The molecule has 7 nitrogen and oxygen atoms in total. The van der Waals surface area contributed by atoms with Gasteiger partial charge in [0.1, 0.15) is 5.76 Å². The number of carbonyl (C=O) groups excluding carboxylic acids is 1. The predicted molar refractivity (Wildman–Crippen MR) is 90.6 cm³/mol. The third-order valence-electron chi connectivity index (χ3n) is 4.06. The van der Waals surface area contributed by atoms with Crippen LogP contribution in [-0.2, 0) is 26.2 Å². The fourth-order valence-electron chi connectivity index (χ4n) is 2.70. The minimum Gasteiger partial charge on any atom is -0.467 e. The van der Waals surface area contributed by atoms with Crippen LogP contribution < -0.4 is 5.32 Å². The molecule has 134 valence electrons. The SMILES string of the molecule is O=C(NCc1ccco1)c1cccc(S(=O)(=O)[C@H]2CCS(=O)(=O)C2)c1. The smallest absolute Gasteiger partial charge is 0.251 e. The highest BCUT2D eigenvalue weighted by molar-refractivity contribution is 7.96. The van der Waals surface area contributed by atoms with Gasteiger partial charge in [-0.3, -0.25) is 4.79 Å². The van der Waals surface area contributed by atoms with Gasteiger partial charge in [-0.05, 0) is 36.8 Å². The number of rotatable bonds is 5. The van der Waals surface area contributed by atoms with E-state index < -0.39 is 30.8 Å². The van der Waals surface area contributed by atoms with Crippen LogP contribution in [0.3, 0.4) is 0 Å². The van der Waals surface area contributed by atoms with Crippen LogP contribution in [0.5, 0.6) is 0 Å². The van der Waals surface area contributed by atoms with E-state index in [2.05, 4.69) is 5.32 Å². The van der Waals surface area contributed by atoms with Gasteiger partial charge in [-0.1, -0.05) is 6.07 Å². The van der Waals surface area contributed by atoms with E-state index in [1.807, 2.05) is 0 Å². The monoisotopic (exact) mass is 383 g/mol. The summed E-state index contributed by atoms with van der Waals surface area (Å²) in [6.07, 6.45) is 1.57. The first-order chi connectivity index (χ1) is 11.8. The summed E-state index contributed by atoms with van der Waals surface area (Å²) in [6, 6.07) is 9.04. The van der Waals surface area contributed by atoms with Crippen LogP contribution in [0.1, 0.15) is 22.5 Å². The maximum Gasteiger partial charge on any atom is 0.251 e. The van der Waals surface area contributed by atoms with Gasteiger partial charge < -0.3 is 9.73 Å².